The zero-order valence-corrected chi connectivity index (χ0v) is 26.8. The summed E-state index contributed by atoms with van der Waals surface area (Å²) in [6.45, 7) is 3.37. The molecule has 3 aromatic rings. The van der Waals surface area contributed by atoms with Crippen LogP contribution in [0.2, 0.25) is 0 Å². The van der Waals surface area contributed by atoms with Crippen molar-refractivity contribution in [2.45, 2.75) is 75.9 Å². The summed E-state index contributed by atoms with van der Waals surface area (Å²) < 4.78 is 40.2. The Morgan fingerprint density at radius 2 is 1.57 bits per heavy atom. The predicted molar refractivity (Wildman–Crippen MR) is 171 cm³/mol. The first-order valence-corrected chi connectivity index (χ1v) is 16.6. The summed E-state index contributed by atoms with van der Waals surface area (Å²) in [6.07, 6.45) is 5.48. The van der Waals surface area contributed by atoms with E-state index in [1.54, 1.807) is 24.3 Å². The third-order valence-corrected chi connectivity index (χ3v) is 9.86. The van der Waals surface area contributed by atoms with Crippen molar-refractivity contribution >= 4 is 27.5 Å². The number of nitrogens with one attached hydrogen (secondary N) is 1. The van der Waals surface area contributed by atoms with Gasteiger partial charge in [0.1, 0.15) is 12.6 Å². The molecule has 1 atom stereocenters. The average Bonchev–Trinajstić information content (AvgIpc) is 3.04. The molecule has 0 heterocycles. The summed E-state index contributed by atoms with van der Waals surface area (Å²) >= 11 is 0. The van der Waals surface area contributed by atoms with Gasteiger partial charge in [-0.2, -0.15) is 0 Å². The smallest absolute Gasteiger partial charge is 0.264 e. The molecule has 1 N–H and O–H groups in total. The summed E-state index contributed by atoms with van der Waals surface area (Å²) in [5.74, 6) is 0.0279. The van der Waals surface area contributed by atoms with Gasteiger partial charge in [-0.15, -0.1) is 0 Å². The van der Waals surface area contributed by atoms with Crippen LogP contribution in [0.25, 0.3) is 0 Å². The number of benzene rings is 3. The van der Waals surface area contributed by atoms with E-state index in [0.717, 1.165) is 47.5 Å². The van der Waals surface area contributed by atoms with Gasteiger partial charge in [-0.3, -0.25) is 13.9 Å². The molecule has 1 aliphatic rings. The molecule has 1 aliphatic carbocycles. The Morgan fingerprint density at radius 3 is 2.18 bits per heavy atom. The van der Waals surface area contributed by atoms with E-state index in [4.69, 9.17) is 9.47 Å². The lowest BCUT2D eigenvalue weighted by Crippen LogP contribution is -2.54. The highest BCUT2D eigenvalue weighted by atomic mass is 32.2. The van der Waals surface area contributed by atoms with Crippen molar-refractivity contribution in [3.8, 4) is 11.5 Å². The monoisotopic (exact) mass is 621 g/mol. The largest absolute Gasteiger partial charge is 0.493 e. The van der Waals surface area contributed by atoms with Crippen molar-refractivity contribution < 1.29 is 27.5 Å². The number of ether oxygens (including phenoxy) is 2. The first kappa shape index (κ1) is 32.9. The van der Waals surface area contributed by atoms with Crippen LogP contribution in [0.4, 0.5) is 5.69 Å². The fraction of sp³-hybridized carbons (Fsp3) is 0.412. The number of methoxy groups -OCH3 is 2. The highest BCUT2D eigenvalue weighted by molar-refractivity contribution is 7.92. The van der Waals surface area contributed by atoms with Crippen LogP contribution >= 0.6 is 0 Å². The molecule has 1 saturated carbocycles. The lowest BCUT2D eigenvalue weighted by atomic mass is 9.95. The van der Waals surface area contributed by atoms with Crippen LogP contribution in [0.15, 0.2) is 77.7 Å². The zero-order valence-electron chi connectivity index (χ0n) is 26.0. The first-order chi connectivity index (χ1) is 21.2. The van der Waals surface area contributed by atoms with Crippen molar-refractivity contribution in [2.24, 2.45) is 0 Å². The highest BCUT2D eigenvalue weighted by Crippen LogP contribution is 2.34. The number of hydrogen-bond donors (Lipinski definition) is 1. The van der Waals surface area contributed by atoms with Gasteiger partial charge in [-0.25, -0.2) is 8.42 Å². The molecule has 44 heavy (non-hydrogen) atoms. The summed E-state index contributed by atoms with van der Waals surface area (Å²) in [5, 5.41) is 3.17. The third-order valence-electron chi connectivity index (χ3n) is 8.08. The quantitative estimate of drug-likeness (QED) is 0.272. The third kappa shape index (κ3) is 7.91. The maximum Gasteiger partial charge on any atom is 0.264 e. The topological polar surface area (TPSA) is 105 Å². The summed E-state index contributed by atoms with van der Waals surface area (Å²) in [4.78, 5) is 29.5. The Bertz CT molecular complexity index is 1510. The second-order valence-corrected chi connectivity index (χ2v) is 13.0. The molecule has 236 valence electrons. The Hall–Kier alpha value is -4.05. The van der Waals surface area contributed by atoms with Gasteiger partial charge in [-0.1, -0.05) is 74.2 Å². The van der Waals surface area contributed by atoms with E-state index < -0.39 is 28.5 Å². The zero-order chi connectivity index (χ0) is 31.7. The molecule has 0 unspecified atom stereocenters. The minimum absolute atomic E-state index is 0.0439. The molecule has 9 nitrogen and oxygen atoms in total. The molecular weight excluding hydrogens is 578 g/mol. The predicted octanol–water partition coefficient (Wildman–Crippen LogP) is 5.46. The number of rotatable bonds is 13. The van der Waals surface area contributed by atoms with Gasteiger partial charge in [0.15, 0.2) is 11.5 Å². The number of nitrogens with zero attached hydrogens (tertiary/aromatic N) is 2. The van der Waals surface area contributed by atoms with Crippen LogP contribution < -0.4 is 19.1 Å². The number of anilines is 1. The number of carbonyl (C=O) groups is 2. The van der Waals surface area contributed by atoms with Crippen LogP contribution in [0, 0.1) is 6.92 Å². The maximum absolute atomic E-state index is 14.3. The fourth-order valence-electron chi connectivity index (χ4n) is 5.59. The molecule has 0 radical (unpaired) electrons. The Balaban J connectivity index is 1.73. The fourth-order valence-corrected chi connectivity index (χ4v) is 7.00. The molecule has 0 saturated heterocycles. The van der Waals surface area contributed by atoms with E-state index in [0.29, 0.717) is 17.9 Å². The van der Waals surface area contributed by atoms with E-state index in [-0.39, 0.29) is 29.1 Å². The van der Waals surface area contributed by atoms with Crippen molar-refractivity contribution in [3.63, 3.8) is 0 Å². The van der Waals surface area contributed by atoms with Gasteiger partial charge >= 0.3 is 0 Å². The first-order valence-electron chi connectivity index (χ1n) is 15.1. The van der Waals surface area contributed by atoms with Crippen LogP contribution in [-0.4, -0.2) is 58.0 Å². The molecule has 0 aromatic heterocycles. The number of sulfonamides is 1. The lowest BCUT2D eigenvalue weighted by molar-refractivity contribution is -0.140. The van der Waals surface area contributed by atoms with Crippen LogP contribution in [0.5, 0.6) is 11.5 Å². The summed E-state index contributed by atoms with van der Waals surface area (Å²) in [6, 6.07) is 19.9. The van der Waals surface area contributed by atoms with Crippen LogP contribution in [0.1, 0.15) is 56.6 Å². The van der Waals surface area contributed by atoms with Crippen LogP contribution in [0.3, 0.4) is 0 Å². The minimum atomic E-state index is -4.20. The van der Waals surface area contributed by atoms with Gasteiger partial charge in [-0.05, 0) is 56.0 Å². The second-order valence-electron chi connectivity index (χ2n) is 11.1. The second kappa shape index (κ2) is 15.1. The van der Waals surface area contributed by atoms with Crippen molar-refractivity contribution in [1.29, 1.82) is 0 Å². The van der Waals surface area contributed by atoms with Crippen molar-refractivity contribution in [1.82, 2.24) is 10.2 Å². The molecule has 4 rings (SSSR count). The molecule has 10 heteroatoms. The van der Waals surface area contributed by atoms with Crippen molar-refractivity contribution in [2.75, 3.05) is 25.1 Å². The van der Waals surface area contributed by atoms with Gasteiger partial charge in [0.05, 0.1) is 24.8 Å². The molecule has 0 bridgehead atoms. The number of carbonyl (C=O) groups excluding carboxylic acids is 2. The molecule has 3 aromatic carbocycles. The molecule has 1 fully saturated rings. The molecule has 0 spiro atoms. The number of amides is 2. The summed E-state index contributed by atoms with van der Waals surface area (Å²) in [5.41, 5.74) is 1.97. The molecular formula is C34H43N3O6S. The van der Waals surface area contributed by atoms with Gasteiger partial charge < -0.3 is 19.7 Å². The Labute approximate surface area is 261 Å². The lowest BCUT2D eigenvalue weighted by Gasteiger charge is -2.34. The Kier molecular flexibility index (Phi) is 11.3. The standard InChI is InChI=1S/C34H43N3O6S/c1-5-30(34(39)35-27-14-10-7-11-15-27)36(23-26-12-8-6-9-13-26)33(38)24-37(28-18-21-31(42-3)32(22-28)43-4)44(40,41)29-19-16-25(2)17-20-29/h6,8-9,12-13,16-22,27,30H,5,7,10-11,14-15,23-24H2,1-4H3,(H,35,39)/t30-/m0/s1. The van der Waals surface area contributed by atoms with E-state index >= 15 is 0 Å². The SMILES string of the molecule is CC[C@@H](C(=O)NC1CCCCC1)N(Cc1ccccc1)C(=O)CN(c1ccc(OC)c(OC)c1)S(=O)(=O)c1ccc(C)cc1. The minimum Gasteiger partial charge on any atom is -0.493 e. The van der Waals surface area contributed by atoms with Crippen LogP contribution in [-0.2, 0) is 26.2 Å². The van der Waals surface area contributed by atoms with E-state index in [9.17, 15) is 18.0 Å². The average molecular weight is 622 g/mol. The Morgan fingerprint density at radius 1 is 0.909 bits per heavy atom. The normalized spacial score (nSPS) is 14.4. The highest BCUT2D eigenvalue weighted by Gasteiger charge is 2.34. The van der Waals surface area contributed by atoms with Crippen molar-refractivity contribution in [3.05, 3.63) is 83.9 Å². The number of aryl methyl sites for hydroxylation is 1. The van der Waals surface area contributed by atoms with Gasteiger partial charge in [0.2, 0.25) is 11.8 Å². The molecule has 0 aliphatic heterocycles. The van der Waals surface area contributed by atoms with Gasteiger partial charge in [0.25, 0.3) is 10.0 Å². The maximum atomic E-state index is 14.3. The molecule has 2 amide bonds. The van der Waals surface area contributed by atoms with Gasteiger partial charge in [0, 0.05) is 18.7 Å². The number of hydrogen-bond acceptors (Lipinski definition) is 6. The summed E-state index contributed by atoms with van der Waals surface area (Å²) in [7, 11) is -1.25. The van der Waals surface area contributed by atoms with E-state index in [2.05, 4.69) is 5.32 Å². The van der Waals surface area contributed by atoms with E-state index in [1.165, 1.54) is 37.3 Å². The van der Waals surface area contributed by atoms with E-state index in [1.807, 2.05) is 44.2 Å².